The summed E-state index contributed by atoms with van der Waals surface area (Å²) in [5, 5.41) is 0. The molecule has 1 aromatic carbocycles. The van der Waals surface area contributed by atoms with Crippen LogP contribution in [0.3, 0.4) is 0 Å². The van der Waals surface area contributed by atoms with Gasteiger partial charge in [-0.3, -0.25) is 0 Å². The van der Waals surface area contributed by atoms with Crippen LogP contribution in [-0.4, -0.2) is 15.7 Å². The van der Waals surface area contributed by atoms with E-state index >= 15 is 0 Å². The molecule has 98 valence electrons. The van der Waals surface area contributed by atoms with Crippen molar-refractivity contribution in [1.82, 2.24) is 9.55 Å². The van der Waals surface area contributed by atoms with Crippen LogP contribution >= 0.6 is 34.8 Å². The van der Waals surface area contributed by atoms with Gasteiger partial charge in [-0.05, 0) is 59.4 Å². The number of halogens is 4. The standard InChI is InChI=1S/C11H10F3IN2S/c12-11(13,14)4-1-5-17-9-3-2-7(15)6-8(9)16-10(17)18/h2-3,6H,1,4-5H2,(H,16,18). The average molecular weight is 386 g/mol. The van der Waals surface area contributed by atoms with Crippen LogP contribution in [-0.2, 0) is 6.54 Å². The number of aromatic amines is 1. The highest BCUT2D eigenvalue weighted by Crippen LogP contribution is 2.23. The molecule has 7 heteroatoms. The first kappa shape index (κ1) is 13.9. The van der Waals surface area contributed by atoms with Crippen molar-refractivity contribution in [3.8, 4) is 0 Å². The molecule has 1 N–H and O–H groups in total. The van der Waals surface area contributed by atoms with E-state index in [0.29, 0.717) is 4.77 Å². The van der Waals surface area contributed by atoms with Gasteiger partial charge in [0.15, 0.2) is 4.77 Å². The molecular weight excluding hydrogens is 376 g/mol. The number of hydrogen-bond acceptors (Lipinski definition) is 1. The van der Waals surface area contributed by atoms with Gasteiger partial charge in [0, 0.05) is 16.5 Å². The highest BCUT2D eigenvalue weighted by atomic mass is 127. The predicted molar refractivity (Wildman–Crippen MR) is 75.1 cm³/mol. The van der Waals surface area contributed by atoms with Crippen molar-refractivity contribution in [2.45, 2.75) is 25.6 Å². The third kappa shape index (κ3) is 3.25. The van der Waals surface area contributed by atoms with E-state index in [0.717, 1.165) is 14.6 Å². The third-order valence-electron chi connectivity index (χ3n) is 2.58. The van der Waals surface area contributed by atoms with Crippen LogP contribution in [0.5, 0.6) is 0 Å². The minimum atomic E-state index is -4.11. The molecule has 1 heterocycles. The van der Waals surface area contributed by atoms with E-state index in [1.807, 2.05) is 18.2 Å². The zero-order chi connectivity index (χ0) is 13.3. The number of benzene rings is 1. The maximum atomic E-state index is 12.1. The van der Waals surface area contributed by atoms with Gasteiger partial charge in [-0.1, -0.05) is 0 Å². The number of imidazole rings is 1. The minimum absolute atomic E-state index is 0.0384. The third-order valence-corrected chi connectivity index (χ3v) is 3.57. The van der Waals surface area contributed by atoms with Crippen molar-refractivity contribution in [3.05, 3.63) is 26.5 Å². The monoisotopic (exact) mass is 386 g/mol. The lowest BCUT2D eigenvalue weighted by Crippen LogP contribution is -2.09. The van der Waals surface area contributed by atoms with Crippen LogP contribution in [0.1, 0.15) is 12.8 Å². The van der Waals surface area contributed by atoms with E-state index in [4.69, 9.17) is 12.2 Å². The zero-order valence-electron chi connectivity index (χ0n) is 9.22. The smallest absolute Gasteiger partial charge is 0.331 e. The van der Waals surface area contributed by atoms with Crippen molar-refractivity contribution >= 4 is 45.8 Å². The van der Waals surface area contributed by atoms with Gasteiger partial charge in [0.2, 0.25) is 0 Å². The molecule has 0 bridgehead atoms. The molecule has 2 rings (SSSR count). The number of rotatable bonds is 3. The Labute approximate surface area is 120 Å². The predicted octanol–water partition coefficient (Wildman–Crippen LogP) is 4.65. The van der Waals surface area contributed by atoms with Crippen LogP contribution < -0.4 is 0 Å². The summed E-state index contributed by atoms with van der Waals surface area (Å²) < 4.78 is 39.6. The molecule has 0 aliphatic rings. The number of fused-ring (bicyclic) bond motifs is 1. The van der Waals surface area contributed by atoms with E-state index in [1.54, 1.807) is 4.57 Å². The molecule has 2 aromatic rings. The number of nitrogens with zero attached hydrogens (tertiary/aromatic N) is 1. The number of aryl methyl sites for hydroxylation is 1. The second-order valence-electron chi connectivity index (χ2n) is 3.96. The van der Waals surface area contributed by atoms with Crippen LogP contribution in [0.25, 0.3) is 11.0 Å². The summed E-state index contributed by atoms with van der Waals surface area (Å²) in [6, 6.07) is 5.70. The first-order valence-electron chi connectivity index (χ1n) is 5.32. The Bertz CT molecular complexity index is 615. The summed E-state index contributed by atoms with van der Waals surface area (Å²) in [5.74, 6) is 0. The van der Waals surface area contributed by atoms with Crippen molar-refractivity contribution in [2.24, 2.45) is 0 Å². The normalized spacial score (nSPS) is 12.2. The fourth-order valence-corrected chi connectivity index (χ4v) is 2.59. The summed E-state index contributed by atoms with van der Waals surface area (Å²) in [7, 11) is 0. The van der Waals surface area contributed by atoms with Gasteiger partial charge in [-0.15, -0.1) is 0 Å². The Morgan fingerprint density at radius 2 is 2.06 bits per heavy atom. The highest BCUT2D eigenvalue weighted by molar-refractivity contribution is 14.1. The molecule has 0 saturated carbocycles. The maximum Gasteiger partial charge on any atom is 0.389 e. The minimum Gasteiger partial charge on any atom is -0.331 e. The number of H-pyrrole nitrogens is 1. The molecule has 0 spiro atoms. The fraction of sp³-hybridized carbons (Fsp3) is 0.364. The first-order chi connectivity index (χ1) is 8.37. The maximum absolute atomic E-state index is 12.1. The Balaban J connectivity index is 2.23. The van der Waals surface area contributed by atoms with Gasteiger partial charge >= 0.3 is 6.18 Å². The van der Waals surface area contributed by atoms with Crippen molar-refractivity contribution in [3.63, 3.8) is 0 Å². The van der Waals surface area contributed by atoms with Crippen molar-refractivity contribution < 1.29 is 13.2 Å². The topological polar surface area (TPSA) is 20.7 Å². The van der Waals surface area contributed by atoms with Gasteiger partial charge in [-0.25, -0.2) is 0 Å². The molecule has 0 radical (unpaired) electrons. The average Bonchev–Trinajstić information content (AvgIpc) is 2.52. The van der Waals surface area contributed by atoms with Crippen LogP contribution in [0, 0.1) is 8.34 Å². The fourth-order valence-electron chi connectivity index (χ4n) is 1.80. The lowest BCUT2D eigenvalue weighted by Gasteiger charge is -2.07. The number of aromatic nitrogens is 2. The second-order valence-corrected chi connectivity index (χ2v) is 5.59. The molecule has 0 saturated heterocycles. The molecule has 0 aliphatic heterocycles. The van der Waals surface area contributed by atoms with Crippen molar-refractivity contribution in [2.75, 3.05) is 0 Å². The van der Waals surface area contributed by atoms with Crippen molar-refractivity contribution in [1.29, 1.82) is 0 Å². The summed E-state index contributed by atoms with van der Waals surface area (Å²) >= 11 is 7.30. The molecule has 1 aromatic heterocycles. The quantitative estimate of drug-likeness (QED) is 0.602. The van der Waals surface area contributed by atoms with E-state index < -0.39 is 12.6 Å². The Morgan fingerprint density at radius 1 is 1.33 bits per heavy atom. The van der Waals surface area contributed by atoms with E-state index in [1.165, 1.54) is 0 Å². The number of nitrogens with one attached hydrogen (secondary N) is 1. The second kappa shape index (κ2) is 5.20. The Kier molecular flexibility index (Phi) is 4.00. The van der Waals surface area contributed by atoms with Crippen LogP contribution in [0.2, 0.25) is 0 Å². The summed E-state index contributed by atoms with van der Waals surface area (Å²) in [5.41, 5.74) is 1.71. The van der Waals surface area contributed by atoms with Gasteiger partial charge < -0.3 is 9.55 Å². The molecule has 0 unspecified atom stereocenters. The van der Waals surface area contributed by atoms with E-state index in [2.05, 4.69) is 27.6 Å². The van der Waals surface area contributed by atoms with E-state index in [-0.39, 0.29) is 13.0 Å². The highest BCUT2D eigenvalue weighted by Gasteiger charge is 2.26. The Hall–Kier alpha value is -0.570. The molecule has 0 atom stereocenters. The lowest BCUT2D eigenvalue weighted by molar-refractivity contribution is -0.135. The number of hydrogen-bond donors (Lipinski definition) is 1. The van der Waals surface area contributed by atoms with E-state index in [9.17, 15) is 13.2 Å². The van der Waals surface area contributed by atoms with Gasteiger partial charge in [0.1, 0.15) is 0 Å². The molecule has 0 aliphatic carbocycles. The Morgan fingerprint density at radius 3 is 2.72 bits per heavy atom. The lowest BCUT2D eigenvalue weighted by atomic mass is 10.3. The molecule has 0 amide bonds. The summed E-state index contributed by atoms with van der Waals surface area (Å²) in [6.45, 7) is 0.277. The summed E-state index contributed by atoms with van der Waals surface area (Å²) in [4.78, 5) is 3.01. The molecule has 0 fully saturated rings. The number of alkyl halides is 3. The SMILES string of the molecule is FC(F)(F)CCCn1c(=S)[nH]c2cc(I)ccc21. The molecule has 18 heavy (non-hydrogen) atoms. The summed E-state index contributed by atoms with van der Waals surface area (Å²) in [6.07, 6.45) is -4.85. The van der Waals surface area contributed by atoms with Gasteiger partial charge in [0.25, 0.3) is 0 Å². The van der Waals surface area contributed by atoms with Gasteiger partial charge in [-0.2, -0.15) is 13.2 Å². The van der Waals surface area contributed by atoms with Gasteiger partial charge in [0.05, 0.1) is 11.0 Å². The molecule has 2 nitrogen and oxygen atoms in total. The first-order valence-corrected chi connectivity index (χ1v) is 6.80. The molecular formula is C11H10F3IN2S. The zero-order valence-corrected chi connectivity index (χ0v) is 12.2. The van der Waals surface area contributed by atoms with Crippen LogP contribution in [0.4, 0.5) is 13.2 Å². The van der Waals surface area contributed by atoms with Crippen LogP contribution in [0.15, 0.2) is 18.2 Å². The largest absolute Gasteiger partial charge is 0.389 e.